The number of benzene rings is 2. The second kappa shape index (κ2) is 9.97. The number of thioether (sulfide) groups is 1. The zero-order chi connectivity index (χ0) is 21.7. The number of methoxy groups -OCH3 is 1. The maximum atomic E-state index is 12.3. The van der Waals surface area contributed by atoms with E-state index < -0.39 is 5.25 Å². The van der Waals surface area contributed by atoms with E-state index in [9.17, 15) is 9.59 Å². The van der Waals surface area contributed by atoms with Crippen molar-refractivity contribution in [3.05, 3.63) is 58.1 Å². The van der Waals surface area contributed by atoms with Gasteiger partial charge in [0.15, 0.2) is 5.17 Å². The number of hydrogen-bond acceptors (Lipinski definition) is 6. The van der Waals surface area contributed by atoms with Crippen LogP contribution in [-0.4, -0.2) is 35.1 Å². The molecule has 1 heterocycles. The lowest BCUT2D eigenvalue weighted by atomic mass is 10.1. The summed E-state index contributed by atoms with van der Waals surface area (Å²) in [4.78, 5) is 24.5. The van der Waals surface area contributed by atoms with Gasteiger partial charge in [-0.3, -0.25) is 9.59 Å². The van der Waals surface area contributed by atoms with E-state index in [0.29, 0.717) is 21.6 Å². The Morgan fingerprint density at radius 1 is 1.23 bits per heavy atom. The van der Waals surface area contributed by atoms with Gasteiger partial charge in [-0.25, -0.2) is 0 Å². The van der Waals surface area contributed by atoms with Gasteiger partial charge in [0.05, 0.1) is 28.6 Å². The largest absolute Gasteiger partial charge is 0.497 e. The Balaban J connectivity index is 1.61. The summed E-state index contributed by atoms with van der Waals surface area (Å²) in [5.41, 5.74) is 1.95. The van der Waals surface area contributed by atoms with Crippen molar-refractivity contribution >= 4 is 63.3 Å². The highest BCUT2D eigenvalue weighted by molar-refractivity contribution is 8.15. The van der Waals surface area contributed by atoms with Crippen molar-refractivity contribution in [2.45, 2.75) is 18.6 Å². The van der Waals surface area contributed by atoms with Gasteiger partial charge in [-0.2, -0.15) is 5.10 Å². The number of carbonyl (C=O) groups is 2. The molecule has 2 N–H and O–H groups in total. The molecule has 1 aliphatic rings. The van der Waals surface area contributed by atoms with Crippen molar-refractivity contribution in [1.82, 2.24) is 5.32 Å². The summed E-state index contributed by atoms with van der Waals surface area (Å²) in [5, 5.41) is 13.9. The molecule has 1 unspecified atom stereocenters. The monoisotopic (exact) mass is 464 g/mol. The van der Waals surface area contributed by atoms with Gasteiger partial charge >= 0.3 is 0 Å². The smallest absolute Gasteiger partial charge is 0.240 e. The number of nitrogens with zero attached hydrogens (tertiary/aromatic N) is 2. The van der Waals surface area contributed by atoms with Crippen LogP contribution in [0.15, 0.2) is 52.7 Å². The van der Waals surface area contributed by atoms with Crippen molar-refractivity contribution < 1.29 is 14.3 Å². The van der Waals surface area contributed by atoms with E-state index in [1.54, 1.807) is 25.3 Å². The number of halogens is 2. The van der Waals surface area contributed by atoms with E-state index in [1.807, 2.05) is 31.2 Å². The first-order valence-electron chi connectivity index (χ1n) is 8.85. The van der Waals surface area contributed by atoms with Crippen LogP contribution in [-0.2, 0) is 9.59 Å². The van der Waals surface area contributed by atoms with Crippen molar-refractivity contribution in [1.29, 1.82) is 0 Å². The maximum Gasteiger partial charge on any atom is 0.240 e. The molecule has 0 aromatic heterocycles. The molecule has 2 aromatic rings. The first kappa shape index (κ1) is 22.1. The lowest BCUT2D eigenvalue weighted by molar-refractivity contribution is -0.122. The van der Waals surface area contributed by atoms with Crippen LogP contribution in [0.3, 0.4) is 0 Å². The minimum Gasteiger partial charge on any atom is -0.497 e. The molecule has 2 amide bonds. The Morgan fingerprint density at radius 2 is 1.97 bits per heavy atom. The third-order valence-corrected chi connectivity index (χ3v) is 6.06. The molecule has 30 heavy (non-hydrogen) atoms. The van der Waals surface area contributed by atoms with Crippen LogP contribution in [0.2, 0.25) is 10.0 Å². The Kier molecular flexibility index (Phi) is 7.36. The zero-order valence-electron chi connectivity index (χ0n) is 16.1. The second-order valence-electron chi connectivity index (χ2n) is 6.27. The summed E-state index contributed by atoms with van der Waals surface area (Å²) < 4.78 is 5.13. The predicted octanol–water partition coefficient (Wildman–Crippen LogP) is 4.34. The van der Waals surface area contributed by atoms with Crippen LogP contribution in [0.1, 0.15) is 18.9 Å². The summed E-state index contributed by atoms with van der Waals surface area (Å²) in [7, 11) is 1.60. The second-order valence-corrected chi connectivity index (χ2v) is 8.25. The summed E-state index contributed by atoms with van der Waals surface area (Å²) in [6, 6.07) is 12.3. The van der Waals surface area contributed by atoms with E-state index in [2.05, 4.69) is 20.8 Å². The molecule has 0 spiro atoms. The van der Waals surface area contributed by atoms with E-state index in [4.69, 9.17) is 27.9 Å². The van der Waals surface area contributed by atoms with Crippen LogP contribution >= 0.6 is 35.0 Å². The molecule has 0 bridgehead atoms. The molecule has 1 saturated heterocycles. The van der Waals surface area contributed by atoms with Crippen LogP contribution in [0.25, 0.3) is 0 Å². The Hall–Kier alpha value is -2.55. The average Bonchev–Trinajstić information content (AvgIpc) is 3.08. The number of carbonyl (C=O) groups excluding carboxylic acids is 2. The molecule has 1 atom stereocenters. The topological polar surface area (TPSA) is 92.2 Å². The minimum absolute atomic E-state index is 0.0421. The first-order chi connectivity index (χ1) is 14.4. The van der Waals surface area contributed by atoms with Gasteiger partial charge in [0.25, 0.3) is 0 Å². The van der Waals surface area contributed by atoms with Gasteiger partial charge in [-0.1, -0.05) is 41.0 Å². The number of rotatable bonds is 6. The van der Waals surface area contributed by atoms with Crippen molar-refractivity contribution in [3.63, 3.8) is 0 Å². The molecule has 0 saturated carbocycles. The van der Waals surface area contributed by atoms with Crippen LogP contribution in [0.5, 0.6) is 5.75 Å². The minimum atomic E-state index is -0.613. The van der Waals surface area contributed by atoms with E-state index in [0.717, 1.165) is 23.1 Å². The molecule has 156 valence electrons. The highest BCUT2D eigenvalue weighted by Gasteiger charge is 2.32. The van der Waals surface area contributed by atoms with Crippen molar-refractivity contribution in [3.8, 4) is 5.75 Å². The fourth-order valence-electron chi connectivity index (χ4n) is 2.57. The maximum absolute atomic E-state index is 12.3. The van der Waals surface area contributed by atoms with Crippen LogP contribution in [0, 0.1) is 0 Å². The molecule has 2 aromatic carbocycles. The number of hydrogen-bond donors (Lipinski definition) is 2. The molecular weight excluding hydrogens is 447 g/mol. The molecule has 3 rings (SSSR count). The van der Waals surface area contributed by atoms with E-state index in [1.165, 1.54) is 0 Å². The third kappa shape index (κ3) is 5.53. The Bertz CT molecular complexity index is 1030. The Morgan fingerprint density at radius 3 is 2.67 bits per heavy atom. The molecule has 0 radical (unpaired) electrons. The standard InChI is InChI=1S/C20H18Cl2N4O3S/c1-11(12-6-8-13(29-2)9-7-12)25-26-20-24-19(28)16(30-20)10-17(27)23-15-5-3-4-14(21)18(15)22/h3-9,16H,10H2,1-2H3,(H,23,27)(H,24,26,28)/b25-11+. The number of amides is 2. The molecular formula is C20H18Cl2N4O3S. The molecule has 0 aliphatic carbocycles. The SMILES string of the molecule is COc1ccc(/C(C)=N/N=C2/NC(=O)C(CC(=O)Nc3cccc(Cl)c3Cl)S2)cc1. The van der Waals surface area contributed by atoms with Crippen molar-refractivity contribution in [2.75, 3.05) is 12.4 Å². The van der Waals surface area contributed by atoms with Gasteiger partial charge in [-0.05, 0) is 48.9 Å². The number of ether oxygens (including phenoxy) is 1. The van der Waals surface area contributed by atoms with E-state index >= 15 is 0 Å². The Labute approximate surface area is 187 Å². The van der Waals surface area contributed by atoms with Gasteiger partial charge in [0.1, 0.15) is 11.0 Å². The highest BCUT2D eigenvalue weighted by Crippen LogP contribution is 2.30. The van der Waals surface area contributed by atoms with E-state index in [-0.39, 0.29) is 23.3 Å². The summed E-state index contributed by atoms with van der Waals surface area (Å²) in [6.45, 7) is 1.81. The fraction of sp³-hybridized carbons (Fsp3) is 0.200. The molecule has 7 nitrogen and oxygen atoms in total. The summed E-state index contributed by atoms with van der Waals surface area (Å²) >= 11 is 13.2. The summed E-state index contributed by atoms with van der Waals surface area (Å²) in [5.74, 6) is 0.0889. The van der Waals surface area contributed by atoms with Gasteiger partial charge in [0, 0.05) is 6.42 Å². The lowest BCUT2D eigenvalue weighted by Gasteiger charge is -2.09. The quantitative estimate of drug-likeness (QED) is 0.491. The van der Waals surface area contributed by atoms with Gasteiger partial charge in [-0.15, -0.1) is 5.10 Å². The highest BCUT2D eigenvalue weighted by atomic mass is 35.5. The third-order valence-electron chi connectivity index (χ3n) is 4.17. The predicted molar refractivity (Wildman–Crippen MR) is 122 cm³/mol. The fourth-order valence-corrected chi connectivity index (χ4v) is 3.83. The van der Waals surface area contributed by atoms with Crippen LogP contribution in [0.4, 0.5) is 5.69 Å². The van der Waals surface area contributed by atoms with Crippen molar-refractivity contribution in [2.24, 2.45) is 10.2 Å². The zero-order valence-corrected chi connectivity index (χ0v) is 18.4. The van der Waals surface area contributed by atoms with Gasteiger partial charge < -0.3 is 15.4 Å². The number of nitrogens with one attached hydrogen (secondary N) is 2. The van der Waals surface area contributed by atoms with Gasteiger partial charge in [0.2, 0.25) is 11.8 Å². The lowest BCUT2D eigenvalue weighted by Crippen LogP contribution is -2.28. The first-order valence-corrected chi connectivity index (χ1v) is 10.5. The molecule has 10 heteroatoms. The normalized spacial score (nSPS) is 17.7. The molecule has 1 aliphatic heterocycles. The number of anilines is 1. The summed E-state index contributed by atoms with van der Waals surface area (Å²) in [6.07, 6.45) is -0.0421. The van der Waals surface area contributed by atoms with Crippen LogP contribution < -0.4 is 15.4 Å². The molecule has 1 fully saturated rings. The number of amidine groups is 1. The average molecular weight is 465 g/mol.